The summed E-state index contributed by atoms with van der Waals surface area (Å²) in [5, 5.41) is 0. The monoisotopic (exact) mass is 249 g/mol. The average molecular weight is 249 g/mol. The van der Waals surface area contributed by atoms with Gasteiger partial charge in [-0.1, -0.05) is 24.3 Å². The van der Waals surface area contributed by atoms with Crippen molar-refractivity contribution in [2.45, 2.75) is 19.1 Å². The van der Waals surface area contributed by atoms with Gasteiger partial charge in [-0.3, -0.25) is 9.69 Å². The number of ether oxygens (including phenoxy) is 1. The van der Waals surface area contributed by atoms with Crippen molar-refractivity contribution in [1.82, 2.24) is 4.90 Å². The van der Waals surface area contributed by atoms with Gasteiger partial charge in [0.15, 0.2) is 0 Å². The molecule has 4 N–H and O–H groups in total. The van der Waals surface area contributed by atoms with Crippen LogP contribution in [-0.4, -0.2) is 36.6 Å². The summed E-state index contributed by atoms with van der Waals surface area (Å²) in [7, 11) is 0. The van der Waals surface area contributed by atoms with Crippen LogP contribution >= 0.6 is 0 Å². The van der Waals surface area contributed by atoms with E-state index in [0.29, 0.717) is 26.3 Å². The molecule has 1 atom stereocenters. The molecule has 0 saturated carbocycles. The Kier molecular flexibility index (Phi) is 4.30. The summed E-state index contributed by atoms with van der Waals surface area (Å²) in [5.41, 5.74) is 13.2. The van der Waals surface area contributed by atoms with Gasteiger partial charge < -0.3 is 16.2 Å². The highest BCUT2D eigenvalue weighted by molar-refractivity contribution is 5.80. The molecule has 0 aromatic heterocycles. The first-order valence-corrected chi connectivity index (χ1v) is 6.09. The second-order valence-electron chi connectivity index (χ2n) is 4.49. The summed E-state index contributed by atoms with van der Waals surface area (Å²) in [4.78, 5) is 13.4. The Morgan fingerprint density at radius 1 is 1.44 bits per heavy atom. The number of hydrogen-bond acceptors (Lipinski definition) is 4. The van der Waals surface area contributed by atoms with Crippen LogP contribution in [0.2, 0.25) is 0 Å². The van der Waals surface area contributed by atoms with E-state index in [9.17, 15) is 4.79 Å². The Morgan fingerprint density at radius 3 is 2.94 bits per heavy atom. The first-order valence-electron chi connectivity index (χ1n) is 6.09. The van der Waals surface area contributed by atoms with Crippen molar-refractivity contribution in [3.05, 3.63) is 35.4 Å². The van der Waals surface area contributed by atoms with E-state index in [1.54, 1.807) is 0 Å². The number of rotatable bonds is 4. The highest BCUT2D eigenvalue weighted by Gasteiger charge is 2.27. The maximum Gasteiger partial charge on any atom is 0.237 e. The number of hydrogen-bond donors (Lipinski definition) is 2. The van der Waals surface area contributed by atoms with Gasteiger partial charge in [-0.15, -0.1) is 0 Å². The fourth-order valence-corrected chi connectivity index (χ4v) is 2.18. The molecule has 1 amide bonds. The van der Waals surface area contributed by atoms with E-state index in [4.69, 9.17) is 16.2 Å². The molecule has 1 aromatic carbocycles. The Balaban J connectivity index is 2.08. The molecule has 1 aliphatic heterocycles. The molecule has 98 valence electrons. The lowest BCUT2D eigenvalue weighted by Crippen LogP contribution is -2.51. The van der Waals surface area contributed by atoms with Crippen LogP contribution in [0.3, 0.4) is 0 Å². The highest BCUT2D eigenvalue weighted by atomic mass is 16.5. The summed E-state index contributed by atoms with van der Waals surface area (Å²) >= 11 is 0. The number of amides is 1. The molecule has 0 bridgehead atoms. The van der Waals surface area contributed by atoms with Crippen LogP contribution in [-0.2, 0) is 22.6 Å². The molecule has 0 radical (unpaired) electrons. The van der Waals surface area contributed by atoms with Crippen LogP contribution in [0.4, 0.5) is 0 Å². The Morgan fingerprint density at radius 2 is 2.22 bits per heavy atom. The molecule has 1 unspecified atom stereocenters. The Hall–Kier alpha value is -1.43. The first-order chi connectivity index (χ1) is 8.70. The lowest BCUT2D eigenvalue weighted by atomic mass is 10.1. The van der Waals surface area contributed by atoms with Crippen molar-refractivity contribution in [2.75, 3.05) is 19.8 Å². The van der Waals surface area contributed by atoms with Gasteiger partial charge in [0.2, 0.25) is 5.91 Å². The molecule has 0 aliphatic carbocycles. The fourth-order valence-electron chi connectivity index (χ4n) is 2.18. The van der Waals surface area contributed by atoms with Gasteiger partial charge in [-0.05, 0) is 11.1 Å². The number of carbonyl (C=O) groups excluding carboxylic acids is 1. The van der Waals surface area contributed by atoms with Crippen LogP contribution in [0.1, 0.15) is 11.1 Å². The molecule has 1 aliphatic rings. The fraction of sp³-hybridized carbons (Fsp3) is 0.462. The zero-order valence-electron chi connectivity index (χ0n) is 10.3. The minimum absolute atomic E-state index is 0.329. The predicted molar refractivity (Wildman–Crippen MR) is 68.5 cm³/mol. The number of morpholine rings is 1. The van der Waals surface area contributed by atoms with Crippen LogP contribution < -0.4 is 11.5 Å². The normalized spacial score (nSPS) is 20.8. The quantitative estimate of drug-likeness (QED) is 0.776. The minimum Gasteiger partial charge on any atom is -0.378 e. The number of primary amides is 1. The van der Waals surface area contributed by atoms with Crippen molar-refractivity contribution < 1.29 is 9.53 Å². The average Bonchev–Trinajstić information content (AvgIpc) is 2.39. The van der Waals surface area contributed by atoms with Gasteiger partial charge in [0.1, 0.15) is 6.04 Å². The van der Waals surface area contributed by atoms with Crippen LogP contribution in [0.25, 0.3) is 0 Å². The molecule has 2 rings (SSSR count). The van der Waals surface area contributed by atoms with E-state index in [1.807, 2.05) is 18.2 Å². The van der Waals surface area contributed by atoms with Gasteiger partial charge in [-0.25, -0.2) is 0 Å². The molecule has 1 heterocycles. The smallest absolute Gasteiger partial charge is 0.237 e. The van der Waals surface area contributed by atoms with Gasteiger partial charge in [0.25, 0.3) is 0 Å². The third-order valence-electron chi connectivity index (χ3n) is 3.18. The highest BCUT2D eigenvalue weighted by Crippen LogP contribution is 2.13. The Bertz CT molecular complexity index is 422. The van der Waals surface area contributed by atoms with Crippen molar-refractivity contribution in [3.8, 4) is 0 Å². The number of benzene rings is 1. The molecule has 5 nitrogen and oxygen atoms in total. The SMILES string of the molecule is NCc1cccc(CN2CCOCC2C(N)=O)c1. The van der Waals surface area contributed by atoms with Gasteiger partial charge in [-0.2, -0.15) is 0 Å². The molecular formula is C13H19N3O2. The third-order valence-corrected chi connectivity index (χ3v) is 3.18. The van der Waals surface area contributed by atoms with Gasteiger partial charge >= 0.3 is 0 Å². The topological polar surface area (TPSA) is 81.6 Å². The first kappa shape index (κ1) is 13.0. The maximum absolute atomic E-state index is 11.4. The second-order valence-corrected chi connectivity index (χ2v) is 4.49. The summed E-state index contributed by atoms with van der Waals surface area (Å²) in [6.45, 7) is 2.97. The van der Waals surface area contributed by atoms with E-state index in [-0.39, 0.29) is 11.9 Å². The molecule has 1 saturated heterocycles. The molecular weight excluding hydrogens is 230 g/mol. The van der Waals surface area contributed by atoms with E-state index in [0.717, 1.165) is 17.7 Å². The molecule has 5 heteroatoms. The lowest BCUT2D eigenvalue weighted by molar-refractivity contribution is -0.129. The number of carbonyl (C=O) groups is 1. The van der Waals surface area contributed by atoms with E-state index in [1.165, 1.54) is 0 Å². The summed E-state index contributed by atoms with van der Waals surface area (Å²) < 4.78 is 5.29. The van der Waals surface area contributed by atoms with Crippen LogP contribution in [0, 0.1) is 0 Å². The number of nitrogens with zero attached hydrogens (tertiary/aromatic N) is 1. The largest absolute Gasteiger partial charge is 0.378 e. The number of nitrogens with two attached hydrogens (primary N) is 2. The summed E-state index contributed by atoms with van der Waals surface area (Å²) in [5.74, 6) is -0.329. The minimum atomic E-state index is -0.333. The van der Waals surface area contributed by atoms with Crippen molar-refractivity contribution in [3.63, 3.8) is 0 Å². The lowest BCUT2D eigenvalue weighted by Gasteiger charge is -2.33. The van der Waals surface area contributed by atoms with Crippen molar-refractivity contribution in [1.29, 1.82) is 0 Å². The zero-order valence-corrected chi connectivity index (χ0v) is 10.3. The molecule has 1 fully saturated rings. The van der Waals surface area contributed by atoms with Crippen LogP contribution in [0.15, 0.2) is 24.3 Å². The standard InChI is InChI=1S/C13H19N3O2/c14-7-10-2-1-3-11(6-10)8-16-4-5-18-9-12(16)13(15)17/h1-3,6,12H,4-5,7-9,14H2,(H2,15,17). The van der Waals surface area contributed by atoms with E-state index >= 15 is 0 Å². The zero-order chi connectivity index (χ0) is 13.0. The van der Waals surface area contributed by atoms with Crippen molar-refractivity contribution >= 4 is 5.91 Å². The van der Waals surface area contributed by atoms with E-state index in [2.05, 4.69) is 11.0 Å². The van der Waals surface area contributed by atoms with E-state index < -0.39 is 0 Å². The molecule has 1 aromatic rings. The van der Waals surface area contributed by atoms with Crippen LogP contribution in [0.5, 0.6) is 0 Å². The van der Waals surface area contributed by atoms with Gasteiger partial charge in [0.05, 0.1) is 13.2 Å². The maximum atomic E-state index is 11.4. The third kappa shape index (κ3) is 3.07. The second kappa shape index (κ2) is 5.95. The Labute approximate surface area is 107 Å². The molecule has 18 heavy (non-hydrogen) atoms. The van der Waals surface area contributed by atoms with Crippen molar-refractivity contribution in [2.24, 2.45) is 11.5 Å². The molecule has 0 spiro atoms. The summed E-state index contributed by atoms with van der Waals surface area (Å²) in [6.07, 6.45) is 0. The summed E-state index contributed by atoms with van der Waals surface area (Å²) in [6, 6.07) is 7.74. The van der Waals surface area contributed by atoms with Gasteiger partial charge in [0, 0.05) is 19.6 Å². The predicted octanol–water partition coefficient (Wildman–Crippen LogP) is -0.169.